The smallest absolute Gasteiger partial charge is 0.224 e. The Labute approximate surface area is 96.0 Å². The van der Waals surface area contributed by atoms with Crippen LogP contribution in [-0.2, 0) is 17.9 Å². The van der Waals surface area contributed by atoms with E-state index >= 15 is 0 Å². The zero-order valence-corrected chi connectivity index (χ0v) is 10.2. The molecule has 5 heteroatoms. The summed E-state index contributed by atoms with van der Waals surface area (Å²) in [5.41, 5.74) is 5.86. The second kappa shape index (κ2) is 5.12. The lowest BCUT2D eigenvalue weighted by atomic mass is 9.92. The molecule has 0 saturated heterocycles. The number of rotatable bonds is 6. The minimum absolute atomic E-state index is 0.296. The van der Waals surface area contributed by atoms with Gasteiger partial charge in [-0.1, -0.05) is 6.92 Å². The minimum Gasteiger partial charge on any atom is -0.369 e. The van der Waals surface area contributed by atoms with E-state index in [0.717, 1.165) is 18.8 Å². The van der Waals surface area contributed by atoms with Crippen molar-refractivity contribution in [2.45, 2.75) is 33.9 Å². The Hall–Kier alpha value is -1.36. The van der Waals surface area contributed by atoms with Gasteiger partial charge in [-0.25, -0.2) is 4.98 Å². The van der Waals surface area contributed by atoms with Crippen LogP contribution in [0.2, 0.25) is 0 Å². The maximum atomic E-state index is 11.2. The number of hydrogen-bond acceptors (Lipinski definition) is 3. The predicted octanol–water partition coefficient (Wildman–Crippen LogP) is 0.504. The molecular formula is C11H20N4O. The van der Waals surface area contributed by atoms with Crippen molar-refractivity contribution in [3.05, 3.63) is 18.2 Å². The fourth-order valence-corrected chi connectivity index (χ4v) is 1.39. The molecule has 1 aromatic heterocycles. The average molecular weight is 224 g/mol. The Morgan fingerprint density at radius 2 is 2.31 bits per heavy atom. The van der Waals surface area contributed by atoms with E-state index < -0.39 is 5.41 Å². The number of hydrogen-bond donors (Lipinski definition) is 2. The molecule has 1 amide bonds. The van der Waals surface area contributed by atoms with E-state index in [9.17, 15) is 4.79 Å². The van der Waals surface area contributed by atoms with E-state index in [1.165, 1.54) is 0 Å². The Balaban J connectivity index is 2.73. The number of nitrogens with one attached hydrogen (secondary N) is 1. The van der Waals surface area contributed by atoms with Crippen LogP contribution in [0.5, 0.6) is 0 Å². The Morgan fingerprint density at radius 3 is 2.88 bits per heavy atom. The van der Waals surface area contributed by atoms with Crippen molar-refractivity contribution in [2.75, 3.05) is 6.54 Å². The summed E-state index contributed by atoms with van der Waals surface area (Å²) in [6, 6.07) is 0. The summed E-state index contributed by atoms with van der Waals surface area (Å²) in [5.74, 6) is -0.296. The molecule has 0 aromatic carbocycles. The standard InChI is InChI=1S/C11H20N4O/c1-4-13-5-9-6-14-8-15(9)7-11(2,3)10(12)16/h6,8,13H,4-5,7H2,1-3H3,(H2,12,16). The molecule has 0 saturated carbocycles. The van der Waals surface area contributed by atoms with Crippen LogP contribution in [0.15, 0.2) is 12.5 Å². The fourth-order valence-electron chi connectivity index (χ4n) is 1.39. The molecule has 0 aliphatic rings. The van der Waals surface area contributed by atoms with Gasteiger partial charge >= 0.3 is 0 Å². The fraction of sp³-hybridized carbons (Fsp3) is 0.636. The monoisotopic (exact) mass is 224 g/mol. The van der Waals surface area contributed by atoms with E-state index in [1.54, 1.807) is 12.5 Å². The SMILES string of the molecule is CCNCc1cncn1CC(C)(C)C(N)=O. The van der Waals surface area contributed by atoms with Crippen LogP contribution in [0, 0.1) is 5.41 Å². The Kier molecular flexibility index (Phi) is 4.06. The van der Waals surface area contributed by atoms with Crippen LogP contribution >= 0.6 is 0 Å². The third-order valence-electron chi connectivity index (χ3n) is 2.59. The average Bonchev–Trinajstić information content (AvgIpc) is 2.61. The van der Waals surface area contributed by atoms with Gasteiger partial charge in [0, 0.05) is 19.3 Å². The van der Waals surface area contributed by atoms with Gasteiger partial charge in [-0.3, -0.25) is 4.79 Å². The largest absolute Gasteiger partial charge is 0.369 e. The number of carbonyl (C=O) groups is 1. The van der Waals surface area contributed by atoms with Crippen LogP contribution in [0.4, 0.5) is 0 Å². The molecule has 0 spiro atoms. The third kappa shape index (κ3) is 3.06. The van der Waals surface area contributed by atoms with E-state index in [4.69, 9.17) is 5.73 Å². The van der Waals surface area contributed by atoms with Crippen molar-refractivity contribution in [2.24, 2.45) is 11.1 Å². The molecule has 0 atom stereocenters. The summed E-state index contributed by atoms with van der Waals surface area (Å²) in [7, 11) is 0. The summed E-state index contributed by atoms with van der Waals surface area (Å²) in [6.07, 6.45) is 3.54. The normalized spacial score (nSPS) is 11.7. The predicted molar refractivity (Wildman–Crippen MR) is 62.6 cm³/mol. The molecular weight excluding hydrogens is 204 g/mol. The zero-order valence-electron chi connectivity index (χ0n) is 10.2. The summed E-state index contributed by atoms with van der Waals surface area (Å²) in [6.45, 7) is 7.95. The van der Waals surface area contributed by atoms with E-state index in [0.29, 0.717) is 6.54 Å². The van der Waals surface area contributed by atoms with Gasteiger partial charge in [0.1, 0.15) is 0 Å². The van der Waals surface area contributed by atoms with Gasteiger partial charge in [-0.15, -0.1) is 0 Å². The van der Waals surface area contributed by atoms with Crippen LogP contribution in [0.1, 0.15) is 26.5 Å². The van der Waals surface area contributed by atoms with E-state index in [2.05, 4.69) is 10.3 Å². The molecule has 0 unspecified atom stereocenters. The molecule has 5 nitrogen and oxygen atoms in total. The Morgan fingerprint density at radius 1 is 1.62 bits per heavy atom. The molecule has 90 valence electrons. The lowest BCUT2D eigenvalue weighted by Gasteiger charge is -2.22. The summed E-state index contributed by atoms with van der Waals surface area (Å²) in [4.78, 5) is 15.3. The highest BCUT2D eigenvalue weighted by Crippen LogP contribution is 2.18. The topological polar surface area (TPSA) is 72.9 Å². The van der Waals surface area contributed by atoms with Crippen LogP contribution < -0.4 is 11.1 Å². The van der Waals surface area contributed by atoms with Crippen molar-refractivity contribution in [3.63, 3.8) is 0 Å². The number of amides is 1. The van der Waals surface area contributed by atoms with Gasteiger partial charge in [0.15, 0.2) is 0 Å². The highest BCUT2D eigenvalue weighted by atomic mass is 16.1. The van der Waals surface area contributed by atoms with Crippen molar-refractivity contribution in [1.29, 1.82) is 0 Å². The first-order chi connectivity index (χ1) is 7.47. The maximum absolute atomic E-state index is 11.2. The molecule has 0 bridgehead atoms. The van der Waals surface area contributed by atoms with Crippen molar-refractivity contribution >= 4 is 5.91 Å². The number of aromatic nitrogens is 2. The number of primary amides is 1. The molecule has 0 radical (unpaired) electrons. The maximum Gasteiger partial charge on any atom is 0.224 e. The molecule has 1 aromatic rings. The first kappa shape index (κ1) is 12.7. The van der Waals surface area contributed by atoms with Gasteiger partial charge in [0.05, 0.1) is 17.4 Å². The minimum atomic E-state index is -0.554. The zero-order chi connectivity index (χ0) is 12.2. The first-order valence-electron chi connectivity index (χ1n) is 5.47. The van der Waals surface area contributed by atoms with Crippen LogP contribution in [0.3, 0.4) is 0 Å². The molecule has 0 aliphatic carbocycles. The van der Waals surface area contributed by atoms with Gasteiger partial charge < -0.3 is 15.6 Å². The summed E-state index contributed by atoms with van der Waals surface area (Å²) < 4.78 is 1.97. The Bertz CT molecular complexity index is 357. The van der Waals surface area contributed by atoms with Gasteiger partial charge in [-0.05, 0) is 20.4 Å². The second-order valence-electron chi connectivity index (χ2n) is 4.54. The van der Waals surface area contributed by atoms with Gasteiger partial charge in [0.2, 0.25) is 5.91 Å². The molecule has 1 heterocycles. The molecule has 1 rings (SSSR count). The number of nitrogens with zero attached hydrogens (tertiary/aromatic N) is 2. The first-order valence-corrected chi connectivity index (χ1v) is 5.47. The number of imidazole rings is 1. The molecule has 16 heavy (non-hydrogen) atoms. The summed E-state index contributed by atoms with van der Waals surface area (Å²) in [5, 5.41) is 3.23. The van der Waals surface area contributed by atoms with Crippen molar-refractivity contribution < 1.29 is 4.79 Å². The number of carbonyl (C=O) groups excluding carboxylic acids is 1. The third-order valence-corrected chi connectivity index (χ3v) is 2.59. The molecule has 3 N–H and O–H groups in total. The van der Waals surface area contributed by atoms with Gasteiger partial charge in [-0.2, -0.15) is 0 Å². The quantitative estimate of drug-likeness (QED) is 0.739. The lowest BCUT2D eigenvalue weighted by molar-refractivity contribution is -0.126. The van der Waals surface area contributed by atoms with Crippen molar-refractivity contribution in [1.82, 2.24) is 14.9 Å². The molecule has 0 aliphatic heterocycles. The van der Waals surface area contributed by atoms with E-state index in [-0.39, 0.29) is 5.91 Å². The van der Waals surface area contributed by atoms with E-state index in [1.807, 2.05) is 25.3 Å². The van der Waals surface area contributed by atoms with Crippen molar-refractivity contribution in [3.8, 4) is 0 Å². The molecule has 0 fully saturated rings. The summed E-state index contributed by atoms with van der Waals surface area (Å²) >= 11 is 0. The highest BCUT2D eigenvalue weighted by molar-refractivity contribution is 5.79. The highest BCUT2D eigenvalue weighted by Gasteiger charge is 2.26. The lowest BCUT2D eigenvalue weighted by Crippen LogP contribution is -2.35. The van der Waals surface area contributed by atoms with Crippen LogP contribution in [0.25, 0.3) is 0 Å². The van der Waals surface area contributed by atoms with Crippen LogP contribution in [-0.4, -0.2) is 22.0 Å². The second-order valence-corrected chi connectivity index (χ2v) is 4.54. The van der Waals surface area contributed by atoms with Gasteiger partial charge in [0.25, 0.3) is 0 Å². The number of nitrogens with two attached hydrogens (primary N) is 1.